The maximum absolute atomic E-state index is 13.3. The summed E-state index contributed by atoms with van der Waals surface area (Å²) in [4.78, 5) is 28.5. The van der Waals surface area contributed by atoms with E-state index in [2.05, 4.69) is 10.1 Å². The van der Waals surface area contributed by atoms with Gasteiger partial charge in [0, 0.05) is 34.8 Å². The second kappa shape index (κ2) is 7.56. The second-order valence-corrected chi connectivity index (χ2v) is 7.84. The Kier molecular flexibility index (Phi) is 4.71. The maximum atomic E-state index is 13.3. The van der Waals surface area contributed by atoms with Crippen LogP contribution >= 0.6 is 11.6 Å². The number of rotatable bonds is 3. The molecule has 7 heteroatoms. The first-order valence-electron chi connectivity index (χ1n) is 9.85. The highest BCUT2D eigenvalue weighted by Gasteiger charge is 2.35. The minimum atomic E-state index is -0.397. The van der Waals surface area contributed by atoms with Crippen LogP contribution in [0.3, 0.4) is 0 Å². The van der Waals surface area contributed by atoms with E-state index in [4.69, 9.17) is 16.0 Å². The van der Waals surface area contributed by atoms with E-state index in [0.717, 1.165) is 22.0 Å². The predicted octanol–water partition coefficient (Wildman–Crippen LogP) is 5.14. The molecule has 1 atom stereocenters. The molecule has 1 aliphatic rings. The topological polar surface area (TPSA) is 78.7 Å². The largest absolute Gasteiger partial charge is 0.467 e. The van der Waals surface area contributed by atoms with Gasteiger partial charge in [-0.15, -0.1) is 0 Å². The van der Waals surface area contributed by atoms with Crippen molar-refractivity contribution >= 4 is 34.1 Å². The van der Waals surface area contributed by atoms with Crippen molar-refractivity contribution in [2.45, 2.75) is 19.4 Å². The molecule has 4 aromatic rings. The Bertz CT molecular complexity index is 1370. The Balaban J connectivity index is 1.75. The van der Waals surface area contributed by atoms with Gasteiger partial charge in [0.05, 0.1) is 17.5 Å². The molecule has 154 valence electrons. The van der Waals surface area contributed by atoms with Crippen LogP contribution in [0.25, 0.3) is 22.0 Å². The van der Waals surface area contributed by atoms with Gasteiger partial charge >= 0.3 is 0 Å². The van der Waals surface area contributed by atoms with E-state index in [1.165, 1.54) is 11.9 Å². The molecule has 2 aromatic heterocycles. The quantitative estimate of drug-likeness (QED) is 0.487. The highest BCUT2D eigenvalue weighted by Crippen LogP contribution is 2.37. The molecular formula is C24H18ClN3O3. The first-order chi connectivity index (χ1) is 15.0. The van der Waals surface area contributed by atoms with Crippen LogP contribution in [0.5, 0.6) is 0 Å². The minimum Gasteiger partial charge on any atom is -0.467 e. The van der Waals surface area contributed by atoms with Crippen LogP contribution in [0, 0.1) is 0 Å². The van der Waals surface area contributed by atoms with Gasteiger partial charge in [0.1, 0.15) is 11.8 Å². The van der Waals surface area contributed by atoms with Gasteiger partial charge in [0.25, 0.3) is 5.56 Å². The number of pyridine rings is 1. The Hall–Kier alpha value is -3.64. The third-order valence-electron chi connectivity index (χ3n) is 5.45. The number of hydrazone groups is 1. The van der Waals surface area contributed by atoms with Gasteiger partial charge in [-0.2, -0.15) is 5.10 Å². The Morgan fingerprint density at radius 1 is 1.10 bits per heavy atom. The SMILES string of the molecule is CC(=O)N1N=C(c2c(-c3ccc(Cl)cc3)c3ccccc3[nH]c2=O)C[C@H]1c1ccco1. The van der Waals surface area contributed by atoms with Crippen molar-refractivity contribution in [3.8, 4) is 11.1 Å². The van der Waals surface area contributed by atoms with Gasteiger partial charge in [0.15, 0.2) is 0 Å². The van der Waals surface area contributed by atoms with E-state index in [1.54, 1.807) is 24.5 Å². The third kappa shape index (κ3) is 3.35. The van der Waals surface area contributed by atoms with Crippen molar-refractivity contribution in [1.82, 2.24) is 9.99 Å². The van der Waals surface area contributed by atoms with Gasteiger partial charge in [-0.05, 0) is 35.9 Å². The number of H-pyrrole nitrogens is 1. The highest BCUT2D eigenvalue weighted by atomic mass is 35.5. The number of aromatic amines is 1. The average molecular weight is 432 g/mol. The zero-order chi connectivity index (χ0) is 21.5. The summed E-state index contributed by atoms with van der Waals surface area (Å²) in [7, 11) is 0. The summed E-state index contributed by atoms with van der Waals surface area (Å²) in [5.74, 6) is 0.404. The fourth-order valence-electron chi connectivity index (χ4n) is 4.09. The smallest absolute Gasteiger partial charge is 0.258 e. The number of carbonyl (C=O) groups excluding carboxylic acids is 1. The van der Waals surface area contributed by atoms with E-state index in [9.17, 15) is 9.59 Å². The summed E-state index contributed by atoms with van der Waals surface area (Å²) in [5.41, 5.74) is 3.06. The fraction of sp³-hybridized carbons (Fsp3) is 0.125. The molecule has 0 fully saturated rings. The van der Waals surface area contributed by atoms with Crippen LogP contribution in [0.2, 0.25) is 5.02 Å². The number of nitrogens with zero attached hydrogens (tertiary/aromatic N) is 2. The fourth-order valence-corrected chi connectivity index (χ4v) is 4.21. The van der Waals surface area contributed by atoms with E-state index in [-0.39, 0.29) is 11.5 Å². The Morgan fingerprint density at radius 3 is 2.58 bits per heavy atom. The van der Waals surface area contributed by atoms with Gasteiger partial charge in [-0.3, -0.25) is 9.59 Å². The number of aromatic nitrogens is 1. The van der Waals surface area contributed by atoms with Crippen molar-refractivity contribution in [3.05, 3.63) is 93.6 Å². The summed E-state index contributed by atoms with van der Waals surface area (Å²) in [6.07, 6.45) is 1.93. The van der Waals surface area contributed by atoms with Crippen molar-refractivity contribution in [3.63, 3.8) is 0 Å². The first-order valence-corrected chi connectivity index (χ1v) is 10.2. The zero-order valence-corrected chi connectivity index (χ0v) is 17.4. The average Bonchev–Trinajstić information content (AvgIpc) is 3.43. The standard InChI is InChI=1S/C24H18ClN3O3/c1-14(29)28-20(21-7-4-12-31-21)13-19(27-28)23-22(15-8-10-16(25)11-9-15)17-5-2-3-6-18(17)26-24(23)30/h2-12,20H,13H2,1H3,(H,26,30)/t20-/m0/s1. The summed E-state index contributed by atoms with van der Waals surface area (Å²) in [5, 5.41) is 7.44. The van der Waals surface area contributed by atoms with Crippen LogP contribution < -0.4 is 5.56 Å². The summed E-state index contributed by atoms with van der Waals surface area (Å²) in [6.45, 7) is 1.45. The summed E-state index contributed by atoms with van der Waals surface area (Å²) >= 11 is 6.10. The third-order valence-corrected chi connectivity index (χ3v) is 5.70. The van der Waals surface area contributed by atoms with Crippen LogP contribution in [0.15, 0.2) is 81.2 Å². The molecule has 0 unspecified atom stereocenters. The van der Waals surface area contributed by atoms with Crippen LogP contribution in [-0.2, 0) is 4.79 Å². The van der Waals surface area contributed by atoms with Gasteiger partial charge in [0.2, 0.25) is 5.91 Å². The van der Waals surface area contributed by atoms with Gasteiger partial charge in [-0.1, -0.05) is 41.9 Å². The molecule has 0 bridgehead atoms. The lowest BCUT2D eigenvalue weighted by molar-refractivity contribution is -0.130. The molecule has 1 N–H and O–H groups in total. The number of hydrogen-bond donors (Lipinski definition) is 1. The molecule has 0 aliphatic carbocycles. The number of halogens is 1. The van der Waals surface area contributed by atoms with E-state index in [1.807, 2.05) is 42.5 Å². The molecule has 6 nitrogen and oxygen atoms in total. The van der Waals surface area contributed by atoms with Gasteiger partial charge < -0.3 is 9.40 Å². The summed E-state index contributed by atoms with van der Waals surface area (Å²) in [6, 6.07) is 18.2. The maximum Gasteiger partial charge on any atom is 0.258 e. The first kappa shape index (κ1) is 19.3. The lowest BCUT2D eigenvalue weighted by atomic mass is 9.92. The molecular weight excluding hydrogens is 414 g/mol. The molecule has 0 saturated carbocycles. The van der Waals surface area contributed by atoms with Crippen LogP contribution in [0.4, 0.5) is 0 Å². The van der Waals surface area contributed by atoms with E-state index >= 15 is 0 Å². The minimum absolute atomic E-state index is 0.221. The molecule has 5 rings (SSSR count). The number of hydrogen-bond acceptors (Lipinski definition) is 4. The number of fused-ring (bicyclic) bond motifs is 1. The van der Waals surface area contributed by atoms with Crippen molar-refractivity contribution in [1.29, 1.82) is 0 Å². The molecule has 2 aromatic carbocycles. The number of furan rings is 1. The zero-order valence-electron chi connectivity index (χ0n) is 16.6. The Labute approximate surface area is 182 Å². The lowest BCUT2D eigenvalue weighted by Crippen LogP contribution is -2.23. The molecule has 0 radical (unpaired) electrons. The van der Waals surface area contributed by atoms with E-state index < -0.39 is 6.04 Å². The van der Waals surface area contributed by atoms with Crippen molar-refractivity contribution in [2.24, 2.45) is 5.10 Å². The molecule has 1 amide bonds. The van der Waals surface area contributed by atoms with Crippen molar-refractivity contribution in [2.75, 3.05) is 0 Å². The number of amides is 1. The highest BCUT2D eigenvalue weighted by molar-refractivity contribution is 6.30. The van der Waals surface area contributed by atoms with Crippen LogP contribution in [0.1, 0.15) is 30.7 Å². The monoisotopic (exact) mass is 431 g/mol. The Morgan fingerprint density at radius 2 is 1.87 bits per heavy atom. The molecule has 0 spiro atoms. The summed E-state index contributed by atoms with van der Waals surface area (Å²) < 4.78 is 5.54. The molecule has 0 saturated heterocycles. The second-order valence-electron chi connectivity index (χ2n) is 7.40. The van der Waals surface area contributed by atoms with Crippen LogP contribution in [-0.4, -0.2) is 21.6 Å². The van der Waals surface area contributed by atoms with Crippen molar-refractivity contribution < 1.29 is 9.21 Å². The molecule has 1 aliphatic heterocycles. The van der Waals surface area contributed by atoms with Gasteiger partial charge in [-0.25, -0.2) is 5.01 Å². The number of nitrogens with one attached hydrogen (secondary N) is 1. The van der Waals surface area contributed by atoms with E-state index in [0.29, 0.717) is 28.5 Å². The molecule has 3 heterocycles. The number of benzene rings is 2. The molecule has 31 heavy (non-hydrogen) atoms. The predicted molar refractivity (Wildman–Crippen MR) is 120 cm³/mol. The normalized spacial score (nSPS) is 16.0. The number of para-hydroxylation sites is 1. The lowest BCUT2D eigenvalue weighted by Gasteiger charge is -2.17. The number of carbonyl (C=O) groups is 1.